The second-order valence-corrected chi connectivity index (χ2v) is 8.72. The Morgan fingerprint density at radius 3 is 2.26 bits per heavy atom. The molecule has 1 saturated heterocycles. The number of rotatable bonds is 8. The molecular formula is C26H33FN4. The van der Waals surface area contributed by atoms with Gasteiger partial charge in [-0.2, -0.15) is 5.10 Å². The number of piperazine rings is 1. The van der Waals surface area contributed by atoms with Crippen LogP contribution in [0.4, 0.5) is 10.1 Å². The number of para-hydroxylation sites is 1. The van der Waals surface area contributed by atoms with Crippen molar-refractivity contribution in [2.45, 2.75) is 39.0 Å². The predicted octanol–water partition coefficient (Wildman–Crippen LogP) is 5.28. The quantitative estimate of drug-likeness (QED) is 0.464. The largest absolute Gasteiger partial charge is 0.369 e. The lowest BCUT2D eigenvalue weighted by molar-refractivity contribution is 0.253. The average molecular weight is 421 g/mol. The molecule has 2 aromatic carbocycles. The maximum Gasteiger partial charge on any atom is 0.123 e. The van der Waals surface area contributed by atoms with Gasteiger partial charge in [0.15, 0.2) is 0 Å². The molecule has 0 spiro atoms. The van der Waals surface area contributed by atoms with Gasteiger partial charge in [0.05, 0.1) is 11.4 Å². The first-order valence-electron chi connectivity index (χ1n) is 11.5. The highest BCUT2D eigenvalue weighted by Gasteiger charge is 2.17. The van der Waals surface area contributed by atoms with E-state index in [4.69, 9.17) is 5.10 Å². The molecule has 1 aliphatic heterocycles. The van der Waals surface area contributed by atoms with Gasteiger partial charge in [0.25, 0.3) is 0 Å². The predicted molar refractivity (Wildman–Crippen MR) is 126 cm³/mol. The van der Waals surface area contributed by atoms with Crippen molar-refractivity contribution in [1.29, 1.82) is 0 Å². The van der Waals surface area contributed by atoms with Crippen LogP contribution in [0.25, 0.3) is 5.69 Å². The van der Waals surface area contributed by atoms with E-state index in [-0.39, 0.29) is 5.82 Å². The molecule has 5 heteroatoms. The summed E-state index contributed by atoms with van der Waals surface area (Å²) < 4.78 is 15.2. The number of hydrogen-bond acceptors (Lipinski definition) is 3. The molecule has 1 aliphatic rings. The van der Waals surface area contributed by atoms with E-state index in [1.807, 2.05) is 18.2 Å². The molecule has 0 bridgehead atoms. The van der Waals surface area contributed by atoms with Crippen molar-refractivity contribution in [3.8, 4) is 5.69 Å². The first kappa shape index (κ1) is 21.6. The van der Waals surface area contributed by atoms with Crippen molar-refractivity contribution >= 4 is 5.69 Å². The van der Waals surface area contributed by atoms with Crippen LogP contribution in [0.3, 0.4) is 0 Å². The summed E-state index contributed by atoms with van der Waals surface area (Å²) in [6.07, 6.45) is 3.36. The minimum absolute atomic E-state index is 0.170. The van der Waals surface area contributed by atoms with Gasteiger partial charge in [-0.15, -0.1) is 0 Å². The number of benzene rings is 2. The van der Waals surface area contributed by atoms with E-state index in [9.17, 15) is 4.39 Å². The van der Waals surface area contributed by atoms with Crippen molar-refractivity contribution in [1.82, 2.24) is 14.7 Å². The van der Waals surface area contributed by atoms with Crippen LogP contribution in [0.1, 0.15) is 44.0 Å². The van der Waals surface area contributed by atoms with E-state index in [2.05, 4.69) is 58.7 Å². The summed E-state index contributed by atoms with van der Waals surface area (Å²) in [5, 5.41) is 4.91. The van der Waals surface area contributed by atoms with Crippen LogP contribution >= 0.6 is 0 Å². The zero-order valence-corrected chi connectivity index (χ0v) is 18.7. The summed E-state index contributed by atoms with van der Waals surface area (Å²) in [7, 11) is 0. The highest BCUT2D eigenvalue weighted by molar-refractivity contribution is 5.46. The van der Waals surface area contributed by atoms with E-state index in [0.717, 1.165) is 56.9 Å². The van der Waals surface area contributed by atoms with Gasteiger partial charge >= 0.3 is 0 Å². The van der Waals surface area contributed by atoms with Crippen LogP contribution in [-0.2, 0) is 6.42 Å². The van der Waals surface area contributed by atoms with Gasteiger partial charge in [0, 0.05) is 37.6 Å². The normalized spacial score (nSPS) is 15.0. The standard InChI is InChI=1S/C26H33FN4/c1-21(2)26-20-23(28-31(26)25-9-4-3-5-10-25)8-6-7-15-29-16-18-30(19-17-29)24-13-11-22(27)12-14-24/h3-5,9-14,20-21H,6-8,15-19H2,1-2H3. The Balaban J connectivity index is 1.24. The highest BCUT2D eigenvalue weighted by Crippen LogP contribution is 2.21. The molecule has 0 atom stereocenters. The molecule has 164 valence electrons. The number of hydrogen-bond donors (Lipinski definition) is 0. The van der Waals surface area contributed by atoms with Crippen molar-refractivity contribution in [2.75, 3.05) is 37.6 Å². The number of unbranched alkanes of at least 4 members (excludes halogenated alkanes) is 1. The lowest BCUT2D eigenvalue weighted by Gasteiger charge is -2.36. The summed E-state index contributed by atoms with van der Waals surface area (Å²) in [6.45, 7) is 9.73. The Hall–Kier alpha value is -2.66. The fourth-order valence-electron chi connectivity index (χ4n) is 4.28. The third-order valence-electron chi connectivity index (χ3n) is 6.10. The van der Waals surface area contributed by atoms with Crippen molar-refractivity contribution in [3.05, 3.63) is 77.9 Å². The van der Waals surface area contributed by atoms with Gasteiger partial charge in [-0.05, 0) is 74.2 Å². The van der Waals surface area contributed by atoms with E-state index in [1.54, 1.807) is 12.1 Å². The third-order valence-corrected chi connectivity index (χ3v) is 6.10. The van der Waals surface area contributed by atoms with E-state index in [0.29, 0.717) is 5.92 Å². The summed E-state index contributed by atoms with van der Waals surface area (Å²) in [5.74, 6) is 0.273. The molecule has 31 heavy (non-hydrogen) atoms. The molecule has 4 nitrogen and oxygen atoms in total. The summed E-state index contributed by atoms with van der Waals surface area (Å²) in [5.41, 5.74) is 4.72. The Morgan fingerprint density at radius 2 is 1.58 bits per heavy atom. The number of halogens is 1. The lowest BCUT2D eigenvalue weighted by Crippen LogP contribution is -2.46. The Bertz CT molecular complexity index is 941. The molecule has 3 aromatic rings. The molecule has 0 N–H and O–H groups in total. The first-order chi connectivity index (χ1) is 15.1. The lowest BCUT2D eigenvalue weighted by atomic mass is 10.1. The van der Waals surface area contributed by atoms with E-state index < -0.39 is 0 Å². The molecule has 4 rings (SSSR count). The van der Waals surface area contributed by atoms with Gasteiger partial charge in [0.1, 0.15) is 5.82 Å². The monoisotopic (exact) mass is 420 g/mol. The molecule has 1 aromatic heterocycles. The summed E-state index contributed by atoms with van der Waals surface area (Å²) in [4.78, 5) is 4.89. The molecular weight excluding hydrogens is 387 g/mol. The van der Waals surface area contributed by atoms with Crippen LogP contribution in [-0.4, -0.2) is 47.4 Å². The van der Waals surface area contributed by atoms with Gasteiger partial charge in [-0.25, -0.2) is 9.07 Å². The van der Waals surface area contributed by atoms with Gasteiger partial charge in [-0.3, -0.25) is 4.90 Å². The smallest absolute Gasteiger partial charge is 0.123 e. The zero-order chi connectivity index (χ0) is 21.6. The molecule has 0 aliphatic carbocycles. The minimum atomic E-state index is -0.170. The number of anilines is 1. The van der Waals surface area contributed by atoms with E-state index in [1.165, 1.54) is 17.8 Å². The van der Waals surface area contributed by atoms with Crippen LogP contribution in [0, 0.1) is 5.82 Å². The van der Waals surface area contributed by atoms with Crippen LogP contribution < -0.4 is 4.90 Å². The topological polar surface area (TPSA) is 24.3 Å². The third kappa shape index (κ3) is 5.53. The number of aromatic nitrogens is 2. The van der Waals surface area contributed by atoms with Crippen molar-refractivity contribution in [2.24, 2.45) is 0 Å². The van der Waals surface area contributed by atoms with Gasteiger partial charge in [-0.1, -0.05) is 32.0 Å². The highest BCUT2D eigenvalue weighted by atomic mass is 19.1. The fourth-order valence-corrected chi connectivity index (χ4v) is 4.28. The SMILES string of the molecule is CC(C)c1cc(CCCCN2CCN(c3ccc(F)cc3)CC2)nn1-c1ccccc1. The molecule has 2 heterocycles. The van der Waals surface area contributed by atoms with Gasteiger partial charge in [0.2, 0.25) is 0 Å². The molecule has 0 amide bonds. The average Bonchev–Trinajstić information content (AvgIpc) is 3.23. The fraction of sp³-hybridized carbons (Fsp3) is 0.423. The summed E-state index contributed by atoms with van der Waals surface area (Å²) >= 11 is 0. The van der Waals surface area contributed by atoms with Crippen molar-refractivity contribution in [3.63, 3.8) is 0 Å². The Morgan fingerprint density at radius 1 is 0.871 bits per heavy atom. The molecule has 1 fully saturated rings. The molecule has 0 radical (unpaired) electrons. The summed E-state index contributed by atoms with van der Waals surface area (Å²) in [6, 6.07) is 19.5. The van der Waals surface area contributed by atoms with E-state index >= 15 is 0 Å². The number of nitrogens with zero attached hydrogens (tertiary/aromatic N) is 4. The Kier molecular flexibility index (Phi) is 7.03. The molecule has 0 unspecified atom stereocenters. The maximum absolute atomic E-state index is 13.1. The second kappa shape index (κ2) is 10.1. The minimum Gasteiger partial charge on any atom is -0.369 e. The molecule has 0 saturated carbocycles. The van der Waals surface area contributed by atoms with Crippen LogP contribution in [0.2, 0.25) is 0 Å². The van der Waals surface area contributed by atoms with Crippen LogP contribution in [0.5, 0.6) is 0 Å². The number of aryl methyl sites for hydroxylation is 1. The van der Waals surface area contributed by atoms with Crippen molar-refractivity contribution < 1.29 is 4.39 Å². The van der Waals surface area contributed by atoms with Gasteiger partial charge < -0.3 is 4.90 Å². The Labute approximate surface area is 185 Å². The zero-order valence-electron chi connectivity index (χ0n) is 18.7. The second-order valence-electron chi connectivity index (χ2n) is 8.72. The van der Waals surface area contributed by atoms with Crippen LogP contribution in [0.15, 0.2) is 60.7 Å². The maximum atomic E-state index is 13.1. The first-order valence-corrected chi connectivity index (χ1v) is 11.5.